The number of hydrogen-bond donors (Lipinski definition) is 1. The zero-order valence-electron chi connectivity index (χ0n) is 12.4. The molecular formula is C19H18N2S. The lowest BCUT2D eigenvalue weighted by Crippen LogP contribution is -2.25. The third kappa shape index (κ3) is 3.32. The summed E-state index contributed by atoms with van der Waals surface area (Å²) < 4.78 is 0. The van der Waals surface area contributed by atoms with Gasteiger partial charge in [-0.05, 0) is 55.0 Å². The van der Waals surface area contributed by atoms with Crippen LogP contribution in [0.4, 0.5) is 11.4 Å². The monoisotopic (exact) mass is 306 g/mol. The summed E-state index contributed by atoms with van der Waals surface area (Å²) in [4.78, 5) is 2.44. The number of benzene rings is 3. The maximum absolute atomic E-state index is 6.25. The van der Waals surface area contributed by atoms with Crippen molar-refractivity contribution >= 4 is 23.1 Å². The van der Waals surface area contributed by atoms with Crippen molar-refractivity contribution in [3.8, 4) is 0 Å². The molecule has 0 spiro atoms. The molecule has 0 aliphatic carbocycles. The molecule has 3 aromatic rings. The summed E-state index contributed by atoms with van der Waals surface area (Å²) in [6, 6.07) is 26.8. The van der Waals surface area contributed by atoms with Crippen LogP contribution in [0.25, 0.3) is 0 Å². The number of para-hydroxylation sites is 1. The van der Waals surface area contributed by atoms with E-state index in [4.69, 9.17) is 5.84 Å². The summed E-state index contributed by atoms with van der Waals surface area (Å²) in [5, 5.41) is 1.73. The molecule has 0 saturated carbocycles. The van der Waals surface area contributed by atoms with Gasteiger partial charge in [0.1, 0.15) is 0 Å². The van der Waals surface area contributed by atoms with E-state index in [2.05, 4.69) is 61.5 Å². The van der Waals surface area contributed by atoms with Gasteiger partial charge in [-0.2, -0.15) is 0 Å². The Bertz CT molecular complexity index is 739. The molecule has 0 bridgehead atoms. The first-order valence-corrected chi connectivity index (χ1v) is 7.99. The molecule has 0 saturated heterocycles. The Morgan fingerprint density at radius 1 is 0.727 bits per heavy atom. The van der Waals surface area contributed by atoms with E-state index < -0.39 is 0 Å². The molecule has 2 nitrogen and oxygen atoms in total. The minimum Gasteiger partial charge on any atom is -0.279 e. The third-order valence-electron chi connectivity index (χ3n) is 3.47. The summed E-state index contributed by atoms with van der Waals surface area (Å²) in [5.41, 5.74) is 3.16. The second-order valence-corrected chi connectivity index (χ2v) is 6.21. The highest BCUT2D eigenvalue weighted by Crippen LogP contribution is 2.30. The van der Waals surface area contributed by atoms with Crippen molar-refractivity contribution in [2.24, 2.45) is 5.84 Å². The van der Waals surface area contributed by atoms with Crippen LogP contribution in [0.2, 0.25) is 0 Å². The van der Waals surface area contributed by atoms with Crippen molar-refractivity contribution in [3.05, 3.63) is 84.4 Å². The van der Waals surface area contributed by atoms with Crippen molar-refractivity contribution in [2.75, 3.05) is 5.01 Å². The second-order valence-electron chi connectivity index (χ2n) is 5.07. The van der Waals surface area contributed by atoms with Crippen LogP contribution in [0.15, 0.2) is 88.7 Å². The number of nitrogens with zero attached hydrogens (tertiary/aromatic N) is 1. The normalized spacial score (nSPS) is 10.5. The molecule has 2 N–H and O–H groups in total. The van der Waals surface area contributed by atoms with E-state index in [9.17, 15) is 0 Å². The fourth-order valence-corrected chi connectivity index (χ4v) is 3.11. The Kier molecular flexibility index (Phi) is 4.47. The molecule has 3 aromatic carbocycles. The van der Waals surface area contributed by atoms with E-state index in [1.54, 1.807) is 16.8 Å². The van der Waals surface area contributed by atoms with Crippen LogP contribution < -0.4 is 10.9 Å². The Hall–Kier alpha value is -2.23. The maximum atomic E-state index is 6.25. The van der Waals surface area contributed by atoms with Crippen LogP contribution in [-0.2, 0) is 0 Å². The predicted molar refractivity (Wildman–Crippen MR) is 94.5 cm³/mol. The average molecular weight is 306 g/mol. The van der Waals surface area contributed by atoms with Gasteiger partial charge in [0.15, 0.2) is 0 Å². The van der Waals surface area contributed by atoms with E-state index >= 15 is 0 Å². The first-order chi connectivity index (χ1) is 10.7. The molecule has 0 heterocycles. The quantitative estimate of drug-likeness (QED) is 0.533. The van der Waals surface area contributed by atoms with Gasteiger partial charge in [-0.25, -0.2) is 5.84 Å². The first-order valence-electron chi connectivity index (χ1n) is 7.17. The Labute approximate surface area is 135 Å². The zero-order valence-corrected chi connectivity index (χ0v) is 13.3. The minimum absolute atomic E-state index is 0.978. The molecule has 0 unspecified atom stereocenters. The van der Waals surface area contributed by atoms with Crippen LogP contribution in [0.1, 0.15) is 5.56 Å². The Morgan fingerprint density at radius 2 is 1.32 bits per heavy atom. The SMILES string of the molecule is Cc1ccccc1N(N)c1ccc(Sc2ccccc2)cc1. The molecule has 0 aromatic heterocycles. The number of hydrogen-bond acceptors (Lipinski definition) is 3. The number of rotatable bonds is 4. The highest BCUT2D eigenvalue weighted by Gasteiger charge is 2.07. The van der Waals surface area contributed by atoms with E-state index in [-0.39, 0.29) is 0 Å². The smallest absolute Gasteiger partial charge is 0.0604 e. The van der Waals surface area contributed by atoms with Gasteiger partial charge in [-0.15, -0.1) is 0 Å². The highest BCUT2D eigenvalue weighted by atomic mass is 32.2. The van der Waals surface area contributed by atoms with Gasteiger partial charge >= 0.3 is 0 Å². The molecule has 3 heteroatoms. The van der Waals surface area contributed by atoms with E-state index in [1.165, 1.54) is 9.79 Å². The number of anilines is 2. The molecule has 0 aliphatic heterocycles. The van der Waals surface area contributed by atoms with Crippen molar-refractivity contribution in [1.82, 2.24) is 0 Å². The number of nitrogens with two attached hydrogens (primary N) is 1. The van der Waals surface area contributed by atoms with Crippen LogP contribution in [0.3, 0.4) is 0 Å². The van der Waals surface area contributed by atoms with Crippen LogP contribution in [-0.4, -0.2) is 0 Å². The maximum Gasteiger partial charge on any atom is 0.0604 e. The molecule has 3 rings (SSSR count). The predicted octanol–water partition coefficient (Wildman–Crippen LogP) is 5.16. The fraction of sp³-hybridized carbons (Fsp3) is 0.0526. The number of aryl methyl sites for hydroxylation is 1. The van der Waals surface area contributed by atoms with Gasteiger partial charge in [0, 0.05) is 9.79 Å². The average Bonchev–Trinajstić information content (AvgIpc) is 2.56. The van der Waals surface area contributed by atoms with Crippen molar-refractivity contribution < 1.29 is 0 Å². The van der Waals surface area contributed by atoms with Crippen molar-refractivity contribution in [1.29, 1.82) is 0 Å². The lowest BCUT2D eigenvalue weighted by Gasteiger charge is -2.21. The van der Waals surface area contributed by atoms with Gasteiger partial charge in [-0.3, -0.25) is 5.01 Å². The van der Waals surface area contributed by atoms with Crippen LogP contribution in [0, 0.1) is 6.92 Å². The molecular weight excluding hydrogens is 288 g/mol. The summed E-state index contributed by atoms with van der Waals surface area (Å²) in [5.74, 6) is 6.25. The van der Waals surface area contributed by atoms with Crippen LogP contribution in [0.5, 0.6) is 0 Å². The summed E-state index contributed by atoms with van der Waals surface area (Å²) in [6.45, 7) is 2.06. The number of hydrazine groups is 1. The van der Waals surface area contributed by atoms with E-state index in [1.807, 2.05) is 24.3 Å². The standard InChI is InChI=1S/C19H18N2S/c1-15-7-5-6-10-19(15)21(20)16-11-13-18(14-12-16)22-17-8-3-2-4-9-17/h2-14H,20H2,1H3. The summed E-state index contributed by atoms with van der Waals surface area (Å²) in [7, 11) is 0. The van der Waals surface area contributed by atoms with Crippen molar-refractivity contribution in [3.63, 3.8) is 0 Å². The van der Waals surface area contributed by atoms with Gasteiger partial charge in [0.2, 0.25) is 0 Å². The lowest BCUT2D eigenvalue weighted by atomic mass is 10.2. The molecule has 0 atom stereocenters. The molecule has 22 heavy (non-hydrogen) atoms. The summed E-state index contributed by atoms with van der Waals surface area (Å²) in [6.07, 6.45) is 0. The van der Waals surface area contributed by atoms with E-state index in [0.29, 0.717) is 0 Å². The molecule has 0 aliphatic rings. The van der Waals surface area contributed by atoms with Crippen molar-refractivity contribution in [2.45, 2.75) is 16.7 Å². The summed E-state index contributed by atoms with van der Waals surface area (Å²) >= 11 is 1.75. The largest absolute Gasteiger partial charge is 0.279 e. The topological polar surface area (TPSA) is 29.3 Å². The minimum atomic E-state index is 0.978. The lowest BCUT2D eigenvalue weighted by molar-refractivity contribution is 1.07. The van der Waals surface area contributed by atoms with Gasteiger partial charge in [0.05, 0.1) is 11.4 Å². The van der Waals surface area contributed by atoms with Gasteiger partial charge < -0.3 is 0 Å². The fourth-order valence-electron chi connectivity index (χ4n) is 2.27. The zero-order chi connectivity index (χ0) is 15.4. The second kappa shape index (κ2) is 6.69. The molecule has 0 amide bonds. The van der Waals surface area contributed by atoms with Gasteiger partial charge in [-0.1, -0.05) is 48.2 Å². The first kappa shape index (κ1) is 14.7. The highest BCUT2D eigenvalue weighted by molar-refractivity contribution is 7.99. The third-order valence-corrected chi connectivity index (χ3v) is 4.48. The van der Waals surface area contributed by atoms with Gasteiger partial charge in [0.25, 0.3) is 0 Å². The van der Waals surface area contributed by atoms with Crippen LogP contribution >= 0.6 is 11.8 Å². The molecule has 0 fully saturated rings. The molecule has 0 radical (unpaired) electrons. The Balaban J connectivity index is 1.78. The van der Waals surface area contributed by atoms with E-state index in [0.717, 1.165) is 16.9 Å². The Morgan fingerprint density at radius 3 is 2.00 bits per heavy atom. The molecule has 110 valence electrons.